The Morgan fingerprint density at radius 3 is 2.94 bits per heavy atom. The van der Waals surface area contributed by atoms with Gasteiger partial charge in [0.1, 0.15) is 11.9 Å². The maximum Gasteiger partial charge on any atom is 0.133 e. The smallest absolute Gasteiger partial charge is 0.133 e. The van der Waals surface area contributed by atoms with Crippen LogP contribution in [-0.4, -0.2) is 16.6 Å². The first-order valence-electron chi connectivity index (χ1n) is 5.52. The van der Waals surface area contributed by atoms with Crippen LogP contribution in [0.15, 0.2) is 22.8 Å². The van der Waals surface area contributed by atoms with E-state index in [4.69, 9.17) is 4.42 Å². The molecule has 0 aliphatic carbocycles. The maximum atomic E-state index is 9.79. The van der Waals surface area contributed by atoms with Gasteiger partial charge in [-0.25, -0.2) is 4.98 Å². The number of rotatable bonds is 5. The van der Waals surface area contributed by atoms with E-state index in [1.807, 2.05) is 13.8 Å². The van der Waals surface area contributed by atoms with Crippen LogP contribution in [0, 0.1) is 13.8 Å². The molecule has 2 N–H and O–H groups in total. The highest BCUT2D eigenvalue weighted by Crippen LogP contribution is 2.17. The minimum Gasteiger partial charge on any atom is -0.467 e. The van der Waals surface area contributed by atoms with Crippen molar-refractivity contribution in [3.05, 3.63) is 39.7 Å². The summed E-state index contributed by atoms with van der Waals surface area (Å²) in [6.45, 7) is 5.21. The second kappa shape index (κ2) is 5.44. The highest BCUT2D eigenvalue weighted by Gasteiger charge is 2.10. The van der Waals surface area contributed by atoms with E-state index in [0.29, 0.717) is 12.3 Å². The van der Waals surface area contributed by atoms with E-state index in [1.54, 1.807) is 29.7 Å². The Morgan fingerprint density at radius 2 is 2.35 bits per heavy atom. The first-order chi connectivity index (χ1) is 8.16. The third-order valence-electron chi connectivity index (χ3n) is 2.49. The molecule has 1 atom stereocenters. The molecule has 4 nitrogen and oxygen atoms in total. The SMILES string of the molecule is Cc1nc(C)c(CNC[C@@H](O)c2ccco2)s1. The van der Waals surface area contributed by atoms with Gasteiger partial charge in [-0.15, -0.1) is 11.3 Å². The van der Waals surface area contributed by atoms with Crippen molar-refractivity contribution >= 4 is 11.3 Å². The minimum absolute atomic E-state index is 0.476. The predicted octanol–water partition coefficient (Wildman–Crippen LogP) is 2.18. The van der Waals surface area contributed by atoms with Gasteiger partial charge in [0.25, 0.3) is 0 Å². The average molecular weight is 252 g/mol. The summed E-state index contributed by atoms with van der Waals surface area (Å²) in [5.74, 6) is 0.592. The number of nitrogens with zero attached hydrogens (tertiary/aromatic N) is 1. The Hall–Kier alpha value is -1.17. The molecule has 0 aliphatic heterocycles. The quantitative estimate of drug-likeness (QED) is 0.856. The Bertz CT molecular complexity index is 465. The summed E-state index contributed by atoms with van der Waals surface area (Å²) in [4.78, 5) is 5.57. The molecular weight excluding hydrogens is 236 g/mol. The fraction of sp³-hybridized carbons (Fsp3) is 0.417. The number of hydrogen-bond donors (Lipinski definition) is 2. The van der Waals surface area contributed by atoms with Gasteiger partial charge in [0.2, 0.25) is 0 Å². The summed E-state index contributed by atoms with van der Waals surface area (Å²) in [5, 5.41) is 14.1. The average Bonchev–Trinajstić information content (AvgIpc) is 2.89. The van der Waals surface area contributed by atoms with E-state index in [-0.39, 0.29) is 0 Å². The first-order valence-corrected chi connectivity index (χ1v) is 6.33. The number of nitrogens with one attached hydrogen (secondary N) is 1. The fourth-order valence-electron chi connectivity index (χ4n) is 1.64. The molecule has 0 unspecified atom stereocenters. The van der Waals surface area contributed by atoms with Gasteiger partial charge in [-0.05, 0) is 26.0 Å². The largest absolute Gasteiger partial charge is 0.467 e. The molecule has 92 valence electrons. The number of furan rings is 1. The van der Waals surface area contributed by atoms with E-state index in [2.05, 4.69) is 10.3 Å². The lowest BCUT2D eigenvalue weighted by molar-refractivity contribution is 0.147. The van der Waals surface area contributed by atoms with Crippen LogP contribution in [0.25, 0.3) is 0 Å². The molecule has 0 fully saturated rings. The molecule has 0 aliphatic rings. The fourth-order valence-corrected chi connectivity index (χ4v) is 2.55. The molecular formula is C12H16N2O2S. The molecule has 2 heterocycles. The summed E-state index contributed by atoms with van der Waals surface area (Å²) < 4.78 is 5.13. The molecule has 5 heteroatoms. The standard InChI is InChI=1S/C12H16N2O2S/c1-8-12(17-9(2)14-8)7-13-6-10(15)11-4-3-5-16-11/h3-5,10,13,15H,6-7H2,1-2H3/t10-/m1/s1. The number of hydrogen-bond acceptors (Lipinski definition) is 5. The molecule has 0 amide bonds. The monoisotopic (exact) mass is 252 g/mol. The van der Waals surface area contributed by atoms with Gasteiger partial charge in [-0.3, -0.25) is 0 Å². The van der Waals surface area contributed by atoms with Crippen LogP contribution in [0.4, 0.5) is 0 Å². The highest BCUT2D eigenvalue weighted by molar-refractivity contribution is 7.11. The number of aromatic nitrogens is 1. The van der Waals surface area contributed by atoms with Gasteiger partial charge in [-0.1, -0.05) is 0 Å². The van der Waals surface area contributed by atoms with Crippen molar-refractivity contribution in [3.63, 3.8) is 0 Å². The highest BCUT2D eigenvalue weighted by atomic mass is 32.1. The number of aryl methyl sites for hydroxylation is 2. The minimum atomic E-state index is -0.598. The van der Waals surface area contributed by atoms with E-state index in [9.17, 15) is 5.11 Å². The number of aliphatic hydroxyl groups is 1. The lowest BCUT2D eigenvalue weighted by atomic mass is 10.2. The molecule has 0 bridgehead atoms. The summed E-state index contributed by atoms with van der Waals surface area (Å²) in [7, 11) is 0. The van der Waals surface area contributed by atoms with Crippen molar-refractivity contribution in [2.45, 2.75) is 26.5 Å². The van der Waals surface area contributed by atoms with Crippen LogP contribution in [0.3, 0.4) is 0 Å². The number of aliphatic hydroxyl groups excluding tert-OH is 1. The molecule has 0 saturated carbocycles. The Morgan fingerprint density at radius 1 is 1.53 bits per heavy atom. The van der Waals surface area contributed by atoms with Crippen LogP contribution in [0.2, 0.25) is 0 Å². The van der Waals surface area contributed by atoms with E-state index in [0.717, 1.165) is 17.2 Å². The van der Waals surface area contributed by atoms with Crippen molar-refractivity contribution in [2.24, 2.45) is 0 Å². The van der Waals surface area contributed by atoms with Gasteiger partial charge >= 0.3 is 0 Å². The topological polar surface area (TPSA) is 58.3 Å². The molecule has 2 aromatic heterocycles. The molecule has 17 heavy (non-hydrogen) atoms. The van der Waals surface area contributed by atoms with Crippen molar-refractivity contribution in [1.82, 2.24) is 10.3 Å². The third-order valence-corrected chi connectivity index (χ3v) is 3.57. The third kappa shape index (κ3) is 3.15. The summed E-state index contributed by atoms with van der Waals surface area (Å²) in [6.07, 6.45) is 0.967. The summed E-state index contributed by atoms with van der Waals surface area (Å²) in [6, 6.07) is 3.55. The zero-order valence-electron chi connectivity index (χ0n) is 9.93. The van der Waals surface area contributed by atoms with Crippen molar-refractivity contribution in [3.8, 4) is 0 Å². The zero-order valence-corrected chi connectivity index (χ0v) is 10.8. The number of thiazole rings is 1. The van der Waals surface area contributed by atoms with Gasteiger partial charge in [0.15, 0.2) is 0 Å². The lowest BCUT2D eigenvalue weighted by Crippen LogP contribution is -2.20. The Labute approximate surface area is 104 Å². The van der Waals surface area contributed by atoms with Gasteiger partial charge in [0.05, 0.1) is 17.0 Å². The van der Waals surface area contributed by atoms with Gasteiger partial charge in [0, 0.05) is 18.0 Å². The molecule has 0 saturated heterocycles. The van der Waals surface area contributed by atoms with Crippen LogP contribution in [-0.2, 0) is 6.54 Å². The van der Waals surface area contributed by atoms with Crippen LogP contribution in [0.5, 0.6) is 0 Å². The molecule has 2 aromatic rings. The Kier molecular flexibility index (Phi) is 3.93. The van der Waals surface area contributed by atoms with Crippen molar-refractivity contribution < 1.29 is 9.52 Å². The molecule has 0 radical (unpaired) electrons. The maximum absolute atomic E-state index is 9.79. The normalized spacial score (nSPS) is 12.9. The summed E-state index contributed by atoms with van der Waals surface area (Å²) >= 11 is 1.68. The first kappa shape index (κ1) is 12.3. The predicted molar refractivity (Wildman–Crippen MR) is 67.0 cm³/mol. The molecule has 0 aromatic carbocycles. The second-order valence-corrected chi connectivity index (χ2v) is 5.19. The van der Waals surface area contributed by atoms with E-state index < -0.39 is 6.10 Å². The molecule has 2 rings (SSSR count). The Balaban J connectivity index is 1.82. The van der Waals surface area contributed by atoms with E-state index in [1.165, 1.54) is 4.88 Å². The van der Waals surface area contributed by atoms with Crippen molar-refractivity contribution in [1.29, 1.82) is 0 Å². The van der Waals surface area contributed by atoms with Crippen LogP contribution < -0.4 is 5.32 Å². The second-order valence-electron chi connectivity index (χ2n) is 3.90. The van der Waals surface area contributed by atoms with Crippen LogP contribution in [0.1, 0.15) is 27.4 Å². The summed E-state index contributed by atoms with van der Waals surface area (Å²) in [5.41, 5.74) is 1.06. The lowest BCUT2D eigenvalue weighted by Gasteiger charge is -2.08. The van der Waals surface area contributed by atoms with Gasteiger partial charge in [-0.2, -0.15) is 0 Å². The van der Waals surface area contributed by atoms with Crippen LogP contribution >= 0.6 is 11.3 Å². The zero-order chi connectivity index (χ0) is 12.3. The molecule has 0 spiro atoms. The van der Waals surface area contributed by atoms with E-state index >= 15 is 0 Å². The van der Waals surface area contributed by atoms with Gasteiger partial charge < -0.3 is 14.8 Å². The van der Waals surface area contributed by atoms with Crippen molar-refractivity contribution in [2.75, 3.05) is 6.54 Å².